The lowest BCUT2D eigenvalue weighted by molar-refractivity contribution is -0.111. The molecule has 0 saturated carbocycles. The lowest BCUT2D eigenvalue weighted by Gasteiger charge is -2.09. The maximum absolute atomic E-state index is 14.0. The van der Waals surface area contributed by atoms with Crippen LogP contribution in [-0.2, 0) is 11.3 Å². The summed E-state index contributed by atoms with van der Waals surface area (Å²) in [5, 5.41) is 7.28. The molecule has 31 heavy (non-hydrogen) atoms. The predicted octanol–water partition coefficient (Wildman–Crippen LogP) is 6.01. The summed E-state index contributed by atoms with van der Waals surface area (Å²) in [5.41, 5.74) is 2.75. The van der Waals surface area contributed by atoms with Gasteiger partial charge in [0.25, 0.3) is 5.91 Å². The summed E-state index contributed by atoms with van der Waals surface area (Å²) < 4.78 is 16.2. The number of carbonyl (C=O) groups excluding carboxylic acids is 1. The van der Waals surface area contributed by atoms with E-state index in [0.29, 0.717) is 21.4 Å². The fourth-order valence-corrected chi connectivity index (χ4v) is 3.57. The molecule has 1 heterocycles. The van der Waals surface area contributed by atoms with Crippen molar-refractivity contribution in [2.75, 3.05) is 5.32 Å². The monoisotopic (exact) mass is 475 g/mol. The number of hydrogen-bond acceptors (Lipinski definition) is 2. The molecule has 6 heteroatoms. The molecule has 0 aliphatic heterocycles. The molecular formula is C25H19BrFN3O. The number of hydrogen-bond donors (Lipinski definition) is 1. The summed E-state index contributed by atoms with van der Waals surface area (Å²) in [7, 11) is 0. The van der Waals surface area contributed by atoms with Crippen LogP contribution in [0.5, 0.6) is 0 Å². The first-order chi connectivity index (χ1) is 15.1. The molecule has 154 valence electrons. The summed E-state index contributed by atoms with van der Waals surface area (Å²) in [4.78, 5) is 13.2. The van der Waals surface area contributed by atoms with E-state index in [2.05, 4.69) is 26.3 Å². The van der Waals surface area contributed by atoms with Crippen LogP contribution in [0.3, 0.4) is 0 Å². The van der Waals surface area contributed by atoms with Gasteiger partial charge in [0.15, 0.2) is 5.82 Å². The lowest BCUT2D eigenvalue weighted by Crippen LogP contribution is -2.15. The van der Waals surface area contributed by atoms with Gasteiger partial charge in [-0.15, -0.1) is 0 Å². The maximum Gasteiger partial charge on any atom is 0.257 e. The molecule has 0 atom stereocenters. The molecule has 0 unspecified atom stereocenters. The van der Waals surface area contributed by atoms with E-state index in [4.69, 9.17) is 0 Å². The molecule has 0 radical (unpaired) electrons. The first-order valence-corrected chi connectivity index (χ1v) is 10.5. The molecule has 0 aliphatic rings. The highest BCUT2D eigenvalue weighted by molar-refractivity contribution is 9.10. The topological polar surface area (TPSA) is 46.9 Å². The second-order valence-electron chi connectivity index (χ2n) is 6.90. The fraction of sp³-hybridized carbons (Fsp3) is 0.0400. The summed E-state index contributed by atoms with van der Waals surface area (Å²) in [6, 6.07) is 25.7. The van der Waals surface area contributed by atoms with Crippen molar-refractivity contribution in [2.45, 2.75) is 6.54 Å². The predicted molar refractivity (Wildman–Crippen MR) is 125 cm³/mol. The third-order valence-corrected chi connectivity index (χ3v) is 5.26. The molecular weight excluding hydrogens is 457 g/mol. The minimum Gasteiger partial charge on any atom is -0.304 e. The van der Waals surface area contributed by atoms with Gasteiger partial charge in [-0.3, -0.25) is 9.48 Å². The Balaban J connectivity index is 1.60. The molecule has 0 spiro atoms. The van der Waals surface area contributed by atoms with E-state index in [1.807, 2.05) is 66.7 Å². The Labute approximate surface area is 188 Å². The van der Waals surface area contributed by atoms with E-state index >= 15 is 0 Å². The van der Waals surface area contributed by atoms with Gasteiger partial charge in [-0.25, -0.2) is 4.39 Å². The number of rotatable bonds is 6. The number of halogens is 2. The first kappa shape index (κ1) is 20.8. The Morgan fingerprint density at radius 2 is 1.61 bits per heavy atom. The van der Waals surface area contributed by atoms with E-state index < -0.39 is 0 Å². The van der Waals surface area contributed by atoms with Crippen molar-refractivity contribution in [3.05, 3.63) is 118 Å². The molecule has 1 amide bonds. The highest BCUT2D eigenvalue weighted by Crippen LogP contribution is 2.25. The van der Waals surface area contributed by atoms with Crippen LogP contribution in [-0.4, -0.2) is 15.7 Å². The second-order valence-corrected chi connectivity index (χ2v) is 7.76. The van der Waals surface area contributed by atoms with Crippen LogP contribution in [0.25, 0.3) is 11.6 Å². The summed E-state index contributed by atoms with van der Waals surface area (Å²) in [6.07, 6.45) is 3.56. The van der Waals surface area contributed by atoms with Gasteiger partial charge in [0.05, 0.1) is 11.0 Å². The van der Waals surface area contributed by atoms with Gasteiger partial charge in [0.1, 0.15) is 5.82 Å². The number of nitrogens with zero attached hydrogens (tertiary/aromatic N) is 2. The SMILES string of the molecule is O=C(Nc1nn(Cc2ccccc2F)cc1Br)/C(=C\c1ccccc1)c1ccccc1. The highest BCUT2D eigenvalue weighted by Gasteiger charge is 2.16. The van der Waals surface area contributed by atoms with E-state index in [9.17, 15) is 9.18 Å². The van der Waals surface area contributed by atoms with Gasteiger partial charge >= 0.3 is 0 Å². The molecule has 1 aromatic heterocycles. The van der Waals surface area contributed by atoms with Crippen LogP contribution in [0.1, 0.15) is 16.7 Å². The smallest absolute Gasteiger partial charge is 0.257 e. The average molecular weight is 476 g/mol. The maximum atomic E-state index is 14.0. The third-order valence-electron chi connectivity index (χ3n) is 4.68. The molecule has 4 nitrogen and oxygen atoms in total. The molecule has 0 saturated heterocycles. The van der Waals surface area contributed by atoms with Crippen LogP contribution in [0, 0.1) is 5.82 Å². The summed E-state index contributed by atoms with van der Waals surface area (Å²) in [6.45, 7) is 0.256. The molecule has 0 aliphatic carbocycles. The minimum atomic E-state index is -0.295. The standard InChI is InChI=1S/C25H19BrFN3O/c26-22-17-30(16-20-13-7-8-14-23(20)27)29-24(22)28-25(31)21(19-11-5-2-6-12-19)15-18-9-3-1-4-10-18/h1-15,17H,16H2,(H,28,29,31)/b21-15-. The number of amides is 1. The van der Waals surface area contributed by atoms with Gasteiger partial charge in [-0.05, 0) is 39.2 Å². The van der Waals surface area contributed by atoms with Crippen molar-refractivity contribution in [2.24, 2.45) is 0 Å². The Morgan fingerprint density at radius 3 is 2.32 bits per heavy atom. The third kappa shape index (κ3) is 5.16. The van der Waals surface area contributed by atoms with E-state index in [1.165, 1.54) is 6.07 Å². The summed E-state index contributed by atoms with van der Waals surface area (Å²) in [5.74, 6) is -0.208. The van der Waals surface area contributed by atoms with Gasteiger partial charge < -0.3 is 5.32 Å². The van der Waals surface area contributed by atoms with Gasteiger partial charge in [-0.1, -0.05) is 78.9 Å². The van der Waals surface area contributed by atoms with Gasteiger partial charge in [0, 0.05) is 17.3 Å². The second kappa shape index (κ2) is 9.53. The zero-order chi connectivity index (χ0) is 21.6. The Hall–Kier alpha value is -3.51. The van der Waals surface area contributed by atoms with Crippen molar-refractivity contribution in [3.63, 3.8) is 0 Å². The molecule has 1 N–H and O–H groups in total. The van der Waals surface area contributed by atoms with Crippen molar-refractivity contribution in [1.82, 2.24) is 9.78 Å². The quantitative estimate of drug-likeness (QED) is 0.274. The fourth-order valence-electron chi connectivity index (χ4n) is 3.15. The molecule has 4 rings (SSSR count). The number of aromatic nitrogens is 2. The number of anilines is 1. The van der Waals surface area contributed by atoms with Crippen molar-refractivity contribution in [3.8, 4) is 0 Å². The molecule has 0 bridgehead atoms. The largest absolute Gasteiger partial charge is 0.304 e. The van der Waals surface area contributed by atoms with Crippen LogP contribution < -0.4 is 5.32 Å². The number of benzene rings is 3. The normalized spacial score (nSPS) is 11.4. The Kier molecular flexibility index (Phi) is 6.38. The van der Waals surface area contributed by atoms with Crippen LogP contribution in [0.2, 0.25) is 0 Å². The molecule has 3 aromatic carbocycles. The van der Waals surface area contributed by atoms with Crippen molar-refractivity contribution < 1.29 is 9.18 Å². The number of nitrogens with one attached hydrogen (secondary N) is 1. The van der Waals surface area contributed by atoms with Gasteiger partial charge in [0.2, 0.25) is 0 Å². The van der Waals surface area contributed by atoms with Crippen LogP contribution in [0.15, 0.2) is 95.6 Å². The van der Waals surface area contributed by atoms with E-state index in [1.54, 1.807) is 29.1 Å². The Morgan fingerprint density at radius 1 is 0.968 bits per heavy atom. The number of carbonyl (C=O) groups is 1. The van der Waals surface area contributed by atoms with E-state index in [0.717, 1.165) is 11.1 Å². The zero-order valence-corrected chi connectivity index (χ0v) is 18.1. The highest BCUT2D eigenvalue weighted by atomic mass is 79.9. The van der Waals surface area contributed by atoms with Crippen LogP contribution in [0.4, 0.5) is 10.2 Å². The minimum absolute atomic E-state index is 0.256. The average Bonchev–Trinajstić information content (AvgIpc) is 3.13. The zero-order valence-electron chi connectivity index (χ0n) is 16.5. The first-order valence-electron chi connectivity index (χ1n) is 9.70. The van der Waals surface area contributed by atoms with Crippen molar-refractivity contribution >= 4 is 39.3 Å². The summed E-state index contributed by atoms with van der Waals surface area (Å²) >= 11 is 3.44. The van der Waals surface area contributed by atoms with Gasteiger partial charge in [-0.2, -0.15) is 5.10 Å². The Bertz CT molecular complexity index is 1220. The molecule has 0 fully saturated rings. The van der Waals surface area contributed by atoms with Crippen molar-refractivity contribution in [1.29, 1.82) is 0 Å². The molecule has 4 aromatic rings. The van der Waals surface area contributed by atoms with E-state index in [-0.39, 0.29) is 18.3 Å². The van der Waals surface area contributed by atoms with Crippen LogP contribution >= 0.6 is 15.9 Å². The lowest BCUT2D eigenvalue weighted by atomic mass is 10.0.